The summed E-state index contributed by atoms with van der Waals surface area (Å²) in [5.41, 5.74) is 0.0699. The van der Waals surface area contributed by atoms with E-state index in [1.807, 2.05) is 32.0 Å². The van der Waals surface area contributed by atoms with E-state index in [0.717, 1.165) is 5.56 Å². The molecule has 5 heteroatoms. The summed E-state index contributed by atoms with van der Waals surface area (Å²) >= 11 is 0. The lowest BCUT2D eigenvalue weighted by molar-refractivity contribution is -0.149. The summed E-state index contributed by atoms with van der Waals surface area (Å²) < 4.78 is 5.30. The lowest BCUT2D eigenvalue weighted by Crippen LogP contribution is -2.47. The molecule has 0 aromatic heterocycles. The zero-order valence-electron chi connectivity index (χ0n) is 13.1. The third-order valence-corrected chi connectivity index (χ3v) is 3.43. The Balaban J connectivity index is 3.04. The molecular formula is C16H23NO4. The van der Waals surface area contributed by atoms with Crippen molar-refractivity contribution in [3.8, 4) is 5.75 Å². The van der Waals surface area contributed by atoms with Crippen molar-refractivity contribution in [3.63, 3.8) is 0 Å². The highest BCUT2D eigenvalue weighted by Crippen LogP contribution is 2.29. The van der Waals surface area contributed by atoms with Gasteiger partial charge in [0.1, 0.15) is 11.7 Å². The number of nitrogens with one attached hydrogen (secondary N) is 1. The summed E-state index contributed by atoms with van der Waals surface area (Å²) in [4.78, 5) is 23.5. The Bertz CT molecular complexity index is 523. The fraction of sp³-hybridized carbons (Fsp3) is 0.500. The summed E-state index contributed by atoms with van der Waals surface area (Å²) in [7, 11) is 1.56. The molecule has 1 unspecified atom stereocenters. The van der Waals surface area contributed by atoms with Gasteiger partial charge in [-0.1, -0.05) is 32.0 Å². The number of carboxylic acid groups (broad SMARTS) is 1. The van der Waals surface area contributed by atoms with Crippen molar-refractivity contribution in [2.24, 2.45) is 11.8 Å². The maximum Gasteiger partial charge on any atom is 0.316 e. The van der Waals surface area contributed by atoms with Crippen LogP contribution in [0, 0.1) is 11.8 Å². The van der Waals surface area contributed by atoms with Crippen LogP contribution in [-0.2, 0) is 15.1 Å². The van der Waals surface area contributed by atoms with Crippen LogP contribution < -0.4 is 10.1 Å². The van der Waals surface area contributed by atoms with E-state index in [9.17, 15) is 14.7 Å². The zero-order valence-corrected chi connectivity index (χ0v) is 13.1. The van der Waals surface area contributed by atoms with E-state index in [1.54, 1.807) is 27.0 Å². The SMILES string of the molecule is COc1ccccc1C(C)(C)NC(=O)C(C(=O)O)C(C)C. The Morgan fingerprint density at radius 3 is 2.29 bits per heavy atom. The third kappa shape index (κ3) is 3.97. The number of hydrogen-bond acceptors (Lipinski definition) is 3. The van der Waals surface area contributed by atoms with Gasteiger partial charge in [0, 0.05) is 5.56 Å². The first-order valence-electron chi connectivity index (χ1n) is 6.89. The standard InChI is InChI=1S/C16H23NO4/c1-10(2)13(15(19)20)14(18)17-16(3,4)11-8-6-7-9-12(11)21-5/h6-10,13H,1-5H3,(H,17,18)(H,19,20). The number of carboxylic acids is 1. The second kappa shape index (κ2) is 6.61. The Labute approximate surface area is 125 Å². The number of methoxy groups -OCH3 is 1. The fourth-order valence-corrected chi connectivity index (χ4v) is 2.31. The molecule has 5 nitrogen and oxygen atoms in total. The minimum Gasteiger partial charge on any atom is -0.496 e. The fourth-order valence-electron chi connectivity index (χ4n) is 2.31. The molecule has 0 aliphatic rings. The van der Waals surface area contributed by atoms with E-state index in [4.69, 9.17) is 4.74 Å². The van der Waals surface area contributed by atoms with Gasteiger partial charge in [0.25, 0.3) is 0 Å². The molecular weight excluding hydrogens is 270 g/mol. The highest BCUT2D eigenvalue weighted by Gasteiger charge is 2.34. The van der Waals surface area contributed by atoms with Crippen molar-refractivity contribution in [1.82, 2.24) is 5.32 Å². The highest BCUT2D eigenvalue weighted by molar-refractivity contribution is 5.97. The molecule has 1 aromatic rings. The molecule has 2 N–H and O–H groups in total. The van der Waals surface area contributed by atoms with Gasteiger partial charge < -0.3 is 15.2 Å². The minimum absolute atomic E-state index is 0.282. The van der Waals surface area contributed by atoms with E-state index in [2.05, 4.69) is 5.32 Å². The van der Waals surface area contributed by atoms with Gasteiger partial charge in [0.15, 0.2) is 0 Å². The van der Waals surface area contributed by atoms with Gasteiger partial charge in [-0.05, 0) is 25.8 Å². The topological polar surface area (TPSA) is 75.6 Å². The zero-order chi connectivity index (χ0) is 16.2. The normalized spacial score (nSPS) is 12.9. The molecule has 1 aromatic carbocycles. The molecule has 0 radical (unpaired) electrons. The Kier molecular flexibility index (Phi) is 5.35. The first kappa shape index (κ1) is 17.0. The van der Waals surface area contributed by atoms with Gasteiger partial charge in [-0.25, -0.2) is 0 Å². The van der Waals surface area contributed by atoms with Crippen LogP contribution in [0.4, 0.5) is 0 Å². The lowest BCUT2D eigenvalue weighted by atomic mass is 9.90. The second-order valence-corrected chi connectivity index (χ2v) is 5.87. The molecule has 0 aliphatic carbocycles. The molecule has 0 bridgehead atoms. The van der Waals surface area contributed by atoms with E-state index < -0.39 is 23.3 Å². The second-order valence-electron chi connectivity index (χ2n) is 5.87. The molecule has 1 atom stereocenters. The lowest BCUT2D eigenvalue weighted by Gasteiger charge is -2.30. The summed E-state index contributed by atoms with van der Waals surface area (Å²) in [6.07, 6.45) is 0. The predicted octanol–water partition coefficient (Wildman–Crippen LogP) is 2.40. The quantitative estimate of drug-likeness (QED) is 0.790. The van der Waals surface area contributed by atoms with Crippen LogP contribution in [0.15, 0.2) is 24.3 Å². The van der Waals surface area contributed by atoms with Gasteiger partial charge in [-0.3, -0.25) is 9.59 Å². The van der Waals surface area contributed by atoms with Crippen molar-refractivity contribution >= 4 is 11.9 Å². The van der Waals surface area contributed by atoms with E-state index in [-0.39, 0.29) is 5.92 Å². The van der Waals surface area contributed by atoms with Crippen LogP contribution in [0.3, 0.4) is 0 Å². The highest BCUT2D eigenvalue weighted by atomic mass is 16.5. The Hall–Kier alpha value is -2.04. The maximum atomic E-state index is 12.3. The van der Waals surface area contributed by atoms with Gasteiger partial charge in [-0.15, -0.1) is 0 Å². The molecule has 0 heterocycles. The van der Waals surface area contributed by atoms with Gasteiger partial charge in [0.05, 0.1) is 12.6 Å². The largest absolute Gasteiger partial charge is 0.496 e. The molecule has 0 saturated carbocycles. The smallest absolute Gasteiger partial charge is 0.316 e. The number of benzene rings is 1. The monoisotopic (exact) mass is 293 g/mol. The van der Waals surface area contributed by atoms with Crippen LogP contribution in [0.5, 0.6) is 5.75 Å². The average Bonchev–Trinajstić information content (AvgIpc) is 2.36. The molecule has 116 valence electrons. The van der Waals surface area contributed by atoms with E-state index in [1.165, 1.54) is 0 Å². The molecule has 21 heavy (non-hydrogen) atoms. The maximum absolute atomic E-state index is 12.3. The Morgan fingerprint density at radius 1 is 1.24 bits per heavy atom. The van der Waals surface area contributed by atoms with Crippen molar-refractivity contribution < 1.29 is 19.4 Å². The number of carbonyl (C=O) groups is 2. The minimum atomic E-state index is -1.11. The number of hydrogen-bond donors (Lipinski definition) is 2. The van der Waals surface area contributed by atoms with Crippen LogP contribution in [-0.4, -0.2) is 24.1 Å². The predicted molar refractivity (Wildman–Crippen MR) is 80.1 cm³/mol. The number of aliphatic carboxylic acids is 1. The number of amides is 1. The van der Waals surface area contributed by atoms with Crippen molar-refractivity contribution in [3.05, 3.63) is 29.8 Å². The van der Waals surface area contributed by atoms with Gasteiger partial charge in [-0.2, -0.15) is 0 Å². The molecule has 0 aliphatic heterocycles. The van der Waals surface area contributed by atoms with Crippen molar-refractivity contribution in [2.45, 2.75) is 33.2 Å². The van der Waals surface area contributed by atoms with Crippen LogP contribution in [0.2, 0.25) is 0 Å². The molecule has 0 fully saturated rings. The van der Waals surface area contributed by atoms with Crippen LogP contribution in [0.25, 0.3) is 0 Å². The summed E-state index contributed by atoms with van der Waals surface area (Å²) in [5, 5.41) is 12.0. The van der Waals surface area contributed by atoms with Gasteiger partial charge in [0.2, 0.25) is 5.91 Å². The van der Waals surface area contributed by atoms with Crippen LogP contribution in [0.1, 0.15) is 33.3 Å². The van der Waals surface area contributed by atoms with Crippen molar-refractivity contribution in [2.75, 3.05) is 7.11 Å². The summed E-state index contributed by atoms with van der Waals surface area (Å²) in [5.74, 6) is -2.30. The average molecular weight is 293 g/mol. The first-order valence-corrected chi connectivity index (χ1v) is 6.89. The first-order chi connectivity index (χ1) is 9.70. The van der Waals surface area contributed by atoms with E-state index >= 15 is 0 Å². The number of para-hydroxylation sites is 1. The van der Waals surface area contributed by atoms with Gasteiger partial charge >= 0.3 is 5.97 Å². The molecule has 1 rings (SSSR count). The Morgan fingerprint density at radius 2 is 1.81 bits per heavy atom. The molecule has 1 amide bonds. The van der Waals surface area contributed by atoms with E-state index in [0.29, 0.717) is 5.75 Å². The molecule has 0 saturated heterocycles. The third-order valence-electron chi connectivity index (χ3n) is 3.43. The summed E-state index contributed by atoms with van der Waals surface area (Å²) in [6.45, 7) is 7.08. The number of ether oxygens (including phenoxy) is 1. The summed E-state index contributed by atoms with van der Waals surface area (Å²) in [6, 6.07) is 7.35. The van der Waals surface area contributed by atoms with Crippen LogP contribution >= 0.6 is 0 Å². The van der Waals surface area contributed by atoms with Crippen molar-refractivity contribution in [1.29, 1.82) is 0 Å². The number of carbonyl (C=O) groups excluding carboxylic acids is 1. The molecule has 0 spiro atoms. The number of rotatable bonds is 6.